The minimum absolute atomic E-state index is 0.122. The van der Waals surface area contributed by atoms with E-state index in [2.05, 4.69) is 50.7 Å². The van der Waals surface area contributed by atoms with Crippen molar-refractivity contribution in [1.29, 1.82) is 0 Å². The summed E-state index contributed by atoms with van der Waals surface area (Å²) >= 11 is 1.95. The van der Waals surface area contributed by atoms with Gasteiger partial charge in [-0.25, -0.2) is 4.79 Å². The average molecular weight is 420 g/mol. The molecular weight excluding hydrogens is 399 g/mol. The van der Waals surface area contributed by atoms with Gasteiger partial charge >= 0.3 is 5.69 Å². The van der Waals surface area contributed by atoms with Crippen molar-refractivity contribution < 1.29 is 4.43 Å². The Hall–Kier alpha value is -0.853. The third-order valence-electron chi connectivity index (χ3n) is 3.78. The summed E-state index contributed by atoms with van der Waals surface area (Å²) in [5.74, 6) is 5.69. The molecule has 0 amide bonds. The number of aromatic amines is 1. The van der Waals surface area contributed by atoms with Crippen molar-refractivity contribution in [3.05, 3.63) is 30.1 Å². The Balaban J connectivity index is 2.95. The lowest BCUT2D eigenvalue weighted by Gasteiger charge is -2.35. The molecule has 0 fully saturated rings. The molecule has 0 unspecified atom stereocenters. The molecule has 0 aromatic carbocycles. The molecule has 1 N–H and O–H groups in total. The van der Waals surface area contributed by atoms with Gasteiger partial charge in [0.2, 0.25) is 0 Å². The van der Waals surface area contributed by atoms with Crippen molar-refractivity contribution in [3.8, 4) is 11.8 Å². The Morgan fingerprint density at radius 2 is 1.90 bits per heavy atom. The molecular formula is C14H21IN2O3Si. The van der Waals surface area contributed by atoms with E-state index in [-0.39, 0.29) is 11.6 Å². The summed E-state index contributed by atoms with van der Waals surface area (Å²) in [6.07, 6.45) is 0. The van der Waals surface area contributed by atoms with Crippen LogP contribution >= 0.6 is 22.6 Å². The summed E-state index contributed by atoms with van der Waals surface area (Å²) in [4.78, 5) is 25.4. The first kappa shape index (κ1) is 18.2. The van der Waals surface area contributed by atoms with Gasteiger partial charge in [0.25, 0.3) is 5.56 Å². The summed E-state index contributed by atoms with van der Waals surface area (Å²) in [5, 5.41) is 0.122. The van der Waals surface area contributed by atoms with Crippen LogP contribution < -0.4 is 11.2 Å². The average Bonchev–Trinajstić information content (AvgIpc) is 2.33. The van der Waals surface area contributed by atoms with E-state index in [0.29, 0.717) is 9.26 Å². The van der Waals surface area contributed by atoms with Crippen LogP contribution in [0.4, 0.5) is 0 Å². The largest absolute Gasteiger partial charge is 0.406 e. The first-order chi connectivity index (χ1) is 9.47. The highest BCUT2D eigenvalue weighted by Crippen LogP contribution is 2.36. The first-order valence-corrected chi connectivity index (χ1v) is 10.6. The second kappa shape index (κ2) is 6.50. The second-order valence-corrected chi connectivity index (χ2v) is 12.2. The van der Waals surface area contributed by atoms with E-state index < -0.39 is 19.6 Å². The molecule has 0 saturated carbocycles. The molecule has 1 rings (SSSR count). The van der Waals surface area contributed by atoms with Gasteiger partial charge in [-0.2, -0.15) is 0 Å². The van der Waals surface area contributed by atoms with Crippen LogP contribution in [-0.2, 0) is 11.5 Å². The van der Waals surface area contributed by atoms with E-state index in [1.807, 2.05) is 22.6 Å². The zero-order chi connectivity index (χ0) is 16.4. The molecule has 0 spiro atoms. The van der Waals surface area contributed by atoms with Gasteiger partial charge in [-0.3, -0.25) is 14.3 Å². The standard InChI is InChI=1S/C14H21IN2O3Si/c1-14(2,3)21(5,6)20-9-7-8-10-11(15)17(4)13(19)16-12(10)18/h9H2,1-6H3,(H,16,18,19). The molecule has 7 heteroatoms. The first-order valence-electron chi connectivity index (χ1n) is 6.59. The Morgan fingerprint density at radius 1 is 1.33 bits per heavy atom. The summed E-state index contributed by atoms with van der Waals surface area (Å²) in [5.41, 5.74) is -0.591. The van der Waals surface area contributed by atoms with Gasteiger partial charge in [-0.15, -0.1) is 0 Å². The van der Waals surface area contributed by atoms with Gasteiger partial charge in [0.15, 0.2) is 8.32 Å². The highest BCUT2D eigenvalue weighted by molar-refractivity contribution is 14.1. The van der Waals surface area contributed by atoms with E-state index in [9.17, 15) is 9.59 Å². The predicted molar refractivity (Wildman–Crippen MR) is 95.0 cm³/mol. The number of rotatable bonds is 2. The quantitative estimate of drug-likeness (QED) is 0.345. The van der Waals surface area contributed by atoms with Gasteiger partial charge < -0.3 is 4.43 Å². The van der Waals surface area contributed by atoms with Crippen LogP contribution in [0.25, 0.3) is 0 Å². The molecule has 1 aromatic heterocycles. The third kappa shape index (κ3) is 4.31. The van der Waals surface area contributed by atoms with Crippen molar-refractivity contribution in [2.75, 3.05) is 6.61 Å². The van der Waals surface area contributed by atoms with Crippen molar-refractivity contribution in [1.82, 2.24) is 9.55 Å². The van der Waals surface area contributed by atoms with Crippen LogP contribution in [0.1, 0.15) is 26.3 Å². The van der Waals surface area contributed by atoms with Crippen LogP contribution in [0.3, 0.4) is 0 Å². The Labute approximate surface area is 139 Å². The van der Waals surface area contributed by atoms with Gasteiger partial charge in [0, 0.05) is 7.05 Å². The third-order valence-corrected chi connectivity index (χ3v) is 9.52. The monoisotopic (exact) mass is 420 g/mol. The minimum atomic E-state index is -1.84. The highest BCUT2D eigenvalue weighted by Gasteiger charge is 2.36. The predicted octanol–water partition coefficient (Wildman–Crippen LogP) is 2.05. The van der Waals surface area contributed by atoms with Gasteiger partial charge in [-0.05, 0) is 40.7 Å². The van der Waals surface area contributed by atoms with Crippen LogP contribution in [0, 0.1) is 15.5 Å². The number of hydrogen-bond acceptors (Lipinski definition) is 3. The number of nitrogens with zero attached hydrogens (tertiary/aromatic N) is 1. The highest BCUT2D eigenvalue weighted by atomic mass is 127. The number of nitrogens with one attached hydrogen (secondary N) is 1. The maximum atomic E-state index is 11.8. The van der Waals surface area contributed by atoms with Gasteiger partial charge in [-0.1, -0.05) is 32.6 Å². The molecule has 0 radical (unpaired) electrons. The van der Waals surface area contributed by atoms with E-state index in [1.165, 1.54) is 4.57 Å². The molecule has 0 atom stereocenters. The fourth-order valence-corrected chi connectivity index (χ4v) is 2.72. The van der Waals surface area contributed by atoms with E-state index in [4.69, 9.17) is 4.43 Å². The van der Waals surface area contributed by atoms with E-state index in [1.54, 1.807) is 7.05 Å². The molecule has 1 heterocycles. The van der Waals surface area contributed by atoms with Crippen LogP contribution in [0.5, 0.6) is 0 Å². The van der Waals surface area contributed by atoms with E-state index >= 15 is 0 Å². The lowest BCUT2D eigenvalue weighted by Crippen LogP contribution is -2.40. The smallest absolute Gasteiger partial charge is 0.328 e. The fraction of sp³-hybridized carbons (Fsp3) is 0.571. The summed E-state index contributed by atoms with van der Waals surface area (Å²) < 4.78 is 7.82. The normalized spacial score (nSPS) is 12.0. The van der Waals surface area contributed by atoms with Crippen LogP contribution in [-0.4, -0.2) is 24.5 Å². The van der Waals surface area contributed by atoms with Crippen LogP contribution in [0.2, 0.25) is 18.1 Å². The lowest BCUT2D eigenvalue weighted by molar-refractivity contribution is 0.334. The SMILES string of the molecule is Cn1c(I)c(C#CCO[Si](C)(C)C(C)(C)C)c(=O)[nH]c1=O. The Morgan fingerprint density at radius 3 is 2.43 bits per heavy atom. The summed E-state index contributed by atoms with van der Waals surface area (Å²) in [6, 6.07) is 0. The molecule has 0 saturated heterocycles. The molecule has 0 bridgehead atoms. The Bertz CT molecular complexity index is 702. The van der Waals surface area contributed by atoms with E-state index in [0.717, 1.165) is 0 Å². The lowest BCUT2D eigenvalue weighted by atomic mass is 10.2. The van der Waals surface area contributed by atoms with Crippen molar-refractivity contribution in [3.63, 3.8) is 0 Å². The number of H-pyrrole nitrogens is 1. The zero-order valence-electron chi connectivity index (χ0n) is 13.3. The molecule has 5 nitrogen and oxygen atoms in total. The summed E-state index contributed by atoms with van der Waals surface area (Å²) in [6.45, 7) is 11.1. The fourth-order valence-electron chi connectivity index (χ4n) is 1.26. The van der Waals surface area contributed by atoms with Crippen LogP contribution in [0.15, 0.2) is 9.59 Å². The molecule has 0 aliphatic heterocycles. The topological polar surface area (TPSA) is 64.1 Å². The minimum Gasteiger partial charge on any atom is -0.406 e. The number of halogens is 1. The molecule has 0 aliphatic carbocycles. The maximum Gasteiger partial charge on any atom is 0.328 e. The van der Waals surface area contributed by atoms with Crippen molar-refractivity contribution >= 4 is 30.9 Å². The summed E-state index contributed by atoms with van der Waals surface area (Å²) in [7, 11) is -0.241. The molecule has 0 aliphatic rings. The second-order valence-electron chi connectivity index (χ2n) is 6.33. The number of aromatic nitrogens is 2. The number of hydrogen-bond donors (Lipinski definition) is 1. The van der Waals surface area contributed by atoms with Gasteiger partial charge in [0.05, 0.1) is 6.61 Å². The molecule has 21 heavy (non-hydrogen) atoms. The maximum absolute atomic E-state index is 11.8. The Kier molecular flexibility index (Phi) is 5.63. The zero-order valence-corrected chi connectivity index (χ0v) is 16.4. The van der Waals surface area contributed by atoms with Crippen molar-refractivity contribution in [2.45, 2.75) is 38.9 Å². The molecule has 116 valence electrons. The molecule has 1 aromatic rings. The van der Waals surface area contributed by atoms with Gasteiger partial charge in [0.1, 0.15) is 9.26 Å². The van der Waals surface area contributed by atoms with Crippen molar-refractivity contribution in [2.24, 2.45) is 7.05 Å².